The van der Waals surface area contributed by atoms with Crippen molar-refractivity contribution < 1.29 is 9.18 Å². The minimum absolute atomic E-state index is 0.167. The molecule has 0 aliphatic heterocycles. The Morgan fingerprint density at radius 3 is 2.50 bits per heavy atom. The summed E-state index contributed by atoms with van der Waals surface area (Å²) < 4.78 is 15.2. The lowest BCUT2D eigenvalue weighted by molar-refractivity contribution is -0.117. The van der Waals surface area contributed by atoms with Crippen LogP contribution in [0.4, 0.5) is 21.6 Å². The number of carbonyl (C=O) groups is 1. The van der Waals surface area contributed by atoms with Crippen LogP contribution in [0.5, 0.6) is 0 Å². The standard InChI is InChI=1S/C19H15FN6O2/c20-13-6-8-15(9-7-13)22-17(27)12-26-19(28)25-11-10-16(23-18(25)24-26)21-14-4-2-1-3-5-14/h1-11H,12H2,(H,22,27)(H,21,23,24). The highest BCUT2D eigenvalue weighted by Crippen LogP contribution is 2.13. The van der Waals surface area contributed by atoms with Crippen LogP contribution in [0.25, 0.3) is 5.78 Å². The number of benzene rings is 2. The minimum Gasteiger partial charge on any atom is -0.340 e. The Labute approximate surface area is 158 Å². The van der Waals surface area contributed by atoms with E-state index in [1.54, 1.807) is 6.07 Å². The Morgan fingerprint density at radius 1 is 1.00 bits per heavy atom. The van der Waals surface area contributed by atoms with Gasteiger partial charge in [0.1, 0.15) is 18.2 Å². The number of para-hydroxylation sites is 1. The molecule has 0 spiro atoms. The highest BCUT2D eigenvalue weighted by molar-refractivity contribution is 5.90. The molecule has 0 fully saturated rings. The number of anilines is 3. The molecule has 1 amide bonds. The van der Waals surface area contributed by atoms with E-state index in [1.165, 1.54) is 34.9 Å². The van der Waals surface area contributed by atoms with Gasteiger partial charge in [0, 0.05) is 17.6 Å². The zero-order valence-corrected chi connectivity index (χ0v) is 14.5. The van der Waals surface area contributed by atoms with E-state index in [0.29, 0.717) is 11.5 Å². The van der Waals surface area contributed by atoms with Gasteiger partial charge < -0.3 is 10.6 Å². The molecule has 4 aromatic rings. The lowest BCUT2D eigenvalue weighted by Gasteiger charge is -2.04. The van der Waals surface area contributed by atoms with E-state index in [4.69, 9.17) is 0 Å². The SMILES string of the molecule is O=C(Cn1nc2nc(Nc3ccccc3)ccn2c1=O)Nc1ccc(F)cc1. The smallest absolute Gasteiger partial charge is 0.340 e. The first kappa shape index (κ1) is 17.4. The second kappa shape index (κ2) is 7.31. The summed E-state index contributed by atoms with van der Waals surface area (Å²) in [5, 5.41) is 9.81. The number of carbonyl (C=O) groups excluding carboxylic acids is 1. The molecule has 2 N–H and O–H groups in total. The number of rotatable bonds is 5. The molecule has 4 rings (SSSR count). The molecule has 0 aliphatic rings. The van der Waals surface area contributed by atoms with Gasteiger partial charge in [-0.1, -0.05) is 18.2 Å². The van der Waals surface area contributed by atoms with Gasteiger partial charge in [-0.25, -0.2) is 18.3 Å². The van der Waals surface area contributed by atoms with Crippen LogP contribution in [-0.2, 0) is 11.3 Å². The number of amides is 1. The fourth-order valence-corrected chi connectivity index (χ4v) is 2.62. The average Bonchev–Trinajstić information content (AvgIpc) is 2.99. The molecule has 0 unspecified atom stereocenters. The fraction of sp³-hybridized carbons (Fsp3) is 0.0526. The molecule has 140 valence electrons. The van der Waals surface area contributed by atoms with Crippen molar-refractivity contribution in [2.45, 2.75) is 6.54 Å². The zero-order chi connectivity index (χ0) is 19.5. The summed E-state index contributed by atoms with van der Waals surface area (Å²) in [6.07, 6.45) is 1.54. The molecule has 2 heterocycles. The summed E-state index contributed by atoms with van der Waals surface area (Å²) in [5.41, 5.74) is 0.790. The highest BCUT2D eigenvalue weighted by Gasteiger charge is 2.12. The van der Waals surface area contributed by atoms with Crippen molar-refractivity contribution in [2.24, 2.45) is 0 Å². The number of fused-ring (bicyclic) bond motifs is 1. The van der Waals surface area contributed by atoms with Crippen molar-refractivity contribution in [3.05, 3.63) is 83.2 Å². The third kappa shape index (κ3) is 3.73. The number of nitrogens with one attached hydrogen (secondary N) is 2. The molecule has 0 aliphatic carbocycles. The summed E-state index contributed by atoms with van der Waals surface area (Å²) >= 11 is 0. The van der Waals surface area contributed by atoms with Crippen LogP contribution in [-0.4, -0.2) is 25.1 Å². The molecule has 0 radical (unpaired) electrons. The molecule has 28 heavy (non-hydrogen) atoms. The first-order chi connectivity index (χ1) is 13.6. The fourth-order valence-electron chi connectivity index (χ4n) is 2.62. The van der Waals surface area contributed by atoms with Crippen molar-refractivity contribution in [3.63, 3.8) is 0 Å². The Balaban J connectivity index is 1.52. The molecule has 8 nitrogen and oxygen atoms in total. The molecule has 9 heteroatoms. The van der Waals surface area contributed by atoms with Crippen LogP contribution in [0.1, 0.15) is 0 Å². The van der Waals surface area contributed by atoms with Gasteiger partial charge in [0.2, 0.25) is 5.91 Å². The number of halogens is 1. The average molecular weight is 378 g/mol. The van der Waals surface area contributed by atoms with Gasteiger partial charge in [0.25, 0.3) is 5.78 Å². The number of nitrogens with zero attached hydrogens (tertiary/aromatic N) is 4. The minimum atomic E-state index is -0.483. The zero-order valence-electron chi connectivity index (χ0n) is 14.5. The molecule has 2 aromatic carbocycles. The lowest BCUT2D eigenvalue weighted by Crippen LogP contribution is -2.28. The van der Waals surface area contributed by atoms with Crippen LogP contribution in [0.15, 0.2) is 71.7 Å². The van der Waals surface area contributed by atoms with Crippen molar-refractivity contribution in [1.29, 1.82) is 0 Å². The van der Waals surface area contributed by atoms with Crippen molar-refractivity contribution >= 4 is 28.9 Å². The largest absolute Gasteiger partial charge is 0.352 e. The maximum Gasteiger partial charge on any atom is 0.352 e. The van der Waals surface area contributed by atoms with Gasteiger partial charge in [-0.15, -0.1) is 5.10 Å². The van der Waals surface area contributed by atoms with E-state index in [9.17, 15) is 14.0 Å². The third-order valence-corrected chi connectivity index (χ3v) is 3.92. The summed E-state index contributed by atoms with van der Waals surface area (Å²) in [5.74, 6) is -0.174. The van der Waals surface area contributed by atoms with Crippen LogP contribution in [0, 0.1) is 5.82 Å². The van der Waals surface area contributed by atoms with Crippen LogP contribution < -0.4 is 16.3 Å². The maximum absolute atomic E-state index is 12.9. The molecule has 0 saturated heterocycles. The van der Waals surface area contributed by atoms with E-state index in [2.05, 4.69) is 20.7 Å². The number of hydrogen-bond acceptors (Lipinski definition) is 5. The number of hydrogen-bond donors (Lipinski definition) is 2. The summed E-state index contributed by atoms with van der Waals surface area (Å²) in [7, 11) is 0. The van der Waals surface area contributed by atoms with E-state index in [-0.39, 0.29) is 12.3 Å². The normalized spacial score (nSPS) is 10.8. The second-order valence-corrected chi connectivity index (χ2v) is 5.97. The first-order valence-electron chi connectivity index (χ1n) is 8.42. The van der Waals surface area contributed by atoms with E-state index in [0.717, 1.165) is 10.4 Å². The Kier molecular flexibility index (Phi) is 4.55. The quantitative estimate of drug-likeness (QED) is 0.556. The third-order valence-electron chi connectivity index (χ3n) is 3.92. The molecule has 0 bridgehead atoms. The lowest BCUT2D eigenvalue weighted by atomic mass is 10.3. The van der Waals surface area contributed by atoms with Crippen LogP contribution in [0.2, 0.25) is 0 Å². The topological polar surface area (TPSA) is 93.3 Å². The number of aromatic nitrogens is 4. The van der Waals surface area contributed by atoms with Crippen molar-refractivity contribution in [2.75, 3.05) is 10.6 Å². The van der Waals surface area contributed by atoms with Crippen molar-refractivity contribution in [1.82, 2.24) is 19.2 Å². The van der Waals surface area contributed by atoms with Crippen LogP contribution >= 0.6 is 0 Å². The Hall–Kier alpha value is -4.01. The Bertz CT molecular complexity index is 1180. The second-order valence-electron chi connectivity index (χ2n) is 5.97. The molecule has 2 aromatic heterocycles. The monoisotopic (exact) mass is 378 g/mol. The predicted octanol–water partition coefficient (Wildman–Crippen LogP) is 2.41. The van der Waals surface area contributed by atoms with Gasteiger partial charge in [0.05, 0.1) is 0 Å². The predicted molar refractivity (Wildman–Crippen MR) is 102 cm³/mol. The first-order valence-corrected chi connectivity index (χ1v) is 8.42. The highest BCUT2D eigenvalue weighted by atomic mass is 19.1. The van der Waals surface area contributed by atoms with Gasteiger partial charge >= 0.3 is 5.69 Å². The van der Waals surface area contributed by atoms with Crippen molar-refractivity contribution in [3.8, 4) is 0 Å². The Morgan fingerprint density at radius 2 is 1.75 bits per heavy atom. The van der Waals surface area contributed by atoms with Gasteiger partial charge in [0.15, 0.2) is 0 Å². The van der Waals surface area contributed by atoms with E-state index in [1.807, 2.05) is 30.3 Å². The van der Waals surface area contributed by atoms with E-state index < -0.39 is 17.4 Å². The van der Waals surface area contributed by atoms with E-state index >= 15 is 0 Å². The van der Waals surface area contributed by atoms with Gasteiger partial charge in [-0.05, 0) is 42.5 Å². The maximum atomic E-state index is 12.9. The molecular weight excluding hydrogens is 363 g/mol. The molecule has 0 saturated carbocycles. The van der Waals surface area contributed by atoms with Gasteiger partial charge in [-0.3, -0.25) is 4.79 Å². The van der Waals surface area contributed by atoms with Gasteiger partial charge in [-0.2, -0.15) is 4.98 Å². The summed E-state index contributed by atoms with van der Waals surface area (Å²) in [6, 6.07) is 16.4. The molecule has 0 atom stereocenters. The molecular formula is C19H15FN6O2. The summed E-state index contributed by atoms with van der Waals surface area (Å²) in [4.78, 5) is 28.9. The van der Waals surface area contributed by atoms with Crippen LogP contribution in [0.3, 0.4) is 0 Å². The summed E-state index contributed by atoms with van der Waals surface area (Å²) in [6.45, 7) is -0.291.